The van der Waals surface area contributed by atoms with Crippen molar-refractivity contribution in [3.8, 4) is 0 Å². The third kappa shape index (κ3) is 4.08. The summed E-state index contributed by atoms with van der Waals surface area (Å²) in [6.45, 7) is 3.89. The second-order valence-corrected chi connectivity index (χ2v) is 3.86. The highest BCUT2D eigenvalue weighted by Crippen LogP contribution is 2.09. The summed E-state index contributed by atoms with van der Waals surface area (Å²) in [4.78, 5) is 5.04. The predicted molar refractivity (Wildman–Crippen MR) is 58.0 cm³/mol. The number of benzene rings is 1. The molecule has 3 heteroatoms. The second-order valence-electron chi connectivity index (χ2n) is 2.94. The minimum Gasteiger partial charge on any atom is -0.393 e. The zero-order valence-corrected chi connectivity index (χ0v) is 9.28. The Balaban J connectivity index is 2.58. The molecule has 0 aliphatic carbocycles. The molecule has 0 fully saturated rings. The summed E-state index contributed by atoms with van der Waals surface area (Å²) in [7, 11) is 0. The summed E-state index contributed by atoms with van der Waals surface area (Å²) in [6.07, 6.45) is 1.83. The van der Waals surface area contributed by atoms with Crippen molar-refractivity contribution in [3.05, 3.63) is 34.3 Å². The van der Waals surface area contributed by atoms with Crippen molar-refractivity contribution < 1.29 is 4.84 Å². The zero-order chi connectivity index (χ0) is 9.68. The van der Waals surface area contributed by atoms with Crippen LogP contribution in [0.3, 0.4) is 0 Å². The average molecular weight is 242 g/mol. The van der Waals surface area contributed by atoms with Crippen molar-refractivity contribution in [2.45, 2.75) is 20.0 Å². The van der Waals surface area contributed by atoms with Crippen LogP contribution in [0.1, 0.15) is 19.4 Å². The van der Waals surface area contributed by atoms with E-state index in [4.69, 9.17) is 4.84 Å². The second kappa shape index (κ2) is 5.02. The SMILES string of the molecule is CC(C)ON=Cc1cccc(Br)c1. The highest BCUT2D eigenvalue weighted by molar-refractivity contribution is 9.10. The third-order valence-corrected chi connectivity index (χ3v) is 1.82. The summed E-state index contributed by atoms with van der Waals surface area (Å²) < 4.78 is 1.04. The maximum Gasteiger partial charge on any atom is 0.122 e. The van der Waals surface area contributed by atoms with Gasteiger partial charge < -0.3 is 4.84 Å². The van der Waals surface area contributed by atoms with Crippen molar-refractivity contribution in [2.24, 2.45) is 5.16 Å². The molecule has 0 saturated carbocycles. The van der Waals surface area contributed by atoms with Crippen LogP contribution in [0.5, 0.6) is 0 Å². The minimum atomic E-state index is 0.128. The van der Waals surface area contributed by atoms with Crippen LogP contribution in [0.25, 0.3) is 0 Å². The molecule has 0 saturated heterocycles. The minimum absolute atomic E-state index is 0.128. The van der Waals surface area contributed by atoms with Crippen LogP contribution in [-0.4, -0.2) is 12.3 Å². The molecule has 0 N–H and O–H groups in total. The fraction of sp³-hybridized carbons (Fsp3) is 0.300. The third-order valence-electron chi connectivity index (χ3n) is 1.32. The van der Waals surface area contributed by atoms with Gasteiger partial charge in [0.15, 0.2) is 0 Å². The van der Waals surface area contributed by atoms with Crippen molar-refractivity contribution in [2.75, 3.05) is 0 Å². The molecular weight excluding hydrogens is 230 g/mol. The molecule has 0 aliphatic heterocycles. The van der Waals surface area contributed by atoms with E-state index >= 15 is 0 Å². The molecule has 0 aromatic heterocycles. The lowest BCUT2D eigenvalue weighted by atomic mass is 10.2. The molecule has 0 atom stereocenters. The maximum atomic E-state index is 5.04. The van der Waals surface area contributed by atoms with Crippen LogP contribution in [0.2, 0.25) is 0 Å². The summed E-state index contributed by atoms with van der Waals surface area (Å²) >= 11 is 3.38. The van der Waals surface area contributed by atoms with Crippen LogP contribution in [0.4, 0.5) is 0 Å². The normalized spacial score (nSPS) is 11.1. The number of rotatable bonds is 3. The first-order valence-electron chi connectivity index (χ1n) is 4.13. The number of nitrogens with zero attached hydrogens (tertiary/aromatic N) is 1. The van der Waals surface area contributed by atoms with Gasteiger partial charge in [-0.3, -0.25) is 0 Å². The summed E-state index contributed by atoms with van der Waals surface area (Å²) in [5, 5.41) is 3.84. The largest absolute Gasteiger partial charge is 0.393 e. The Morgan fingerprint density at radius 2 is 2.23 bits per heavy atom. The van der Waals surface area contributed by atoms with E-state index in [1.807, 2.05) is 38.1 Å². The van der Waals surface area contributed by atoms with Gasteiger partial charge in [0.2, 0.25) is 0 Å². The van der Waals surface area contributed by atoms with E-state index < -0.39 is 0 Å². The number of hydrogen-bond donors (Lipinski definition) is 0. The summed E-state index contributed by atoms with van der Waals surface area (Å²) in [5.41, 5.74) is 1.02. The molecule has 2 nitrogen and oxygen atoms in total. The van der Waals surface area contributed by atoms with E-state index in [0.29, 0.717) is 0 Å². The van der Waals surface area contributed by atoms with Gasteiger partial charge in [-0.15, -0.1) is 0 Å². The molecule has 0 heterocycles. The predicted octanol–water partition coefficient (Wildman–Crippen LogP) is 3.21. The number of oxime groups is 1. The molecule has 0 bridgehead atoms. The van der Waals surface area contributed by atoms with Crippen molar-refractivity contribution in [3.63, 3.8) is 0 Å². The van der Waals surface area contributed by atoms with E-state index in [1.165, 1.54) is 0 Å². The molecule has 0 amide bonds. The highest BCUT2D eigenvalue weighted by atomic mass is 79.9. The molecule has 70 valence electrons. The summed E-state index contributed by atoms with van der Waals surface area (Å²) in [6, 6.07) is 7.88. The van der Waals surface area contributed by atoms with Gasteiger partial charge in [0.05, 0.1) is 6.21 Å². The van der Waals surface area contributed by atoms with Gasteiger partial charge in [-0.25, -0.2) is 0 Å². The molecule has 0 spiro atoms. The van der Waals surface area contributed by atoms with Crippen molar-refractivity contribution in [1.82, 2.24) is 0 Å². The Hall–Kier alpha value is -0.830. The number of halogens is 1. The fourth-order valence-corrected chi connectivity index (χ4v) is 1.22. The van der Waals surface area contributed by atoms with Crippen LogP contribution < -0.4 is 0 Å². The van der Waals surface area contributed by atoms with Gasteiger partial charge in [-0.2, -0.15) is 0 Å². The lowest BCUT2D eigenvalue weighted by molar-refractivity contribution is 0.0874. The van der Waals surface area contributed by atoms with E-state index in [9.17, 15) is 0 Å². The van der Waals surface area contributed by atoms with Gasteiger partial charge in [-0.05, 0) is 31.5 Å². The Morgan fingerprint density at radius 3 is 2.85 bits per heavy atom. The lowest BCUT2D eigenvalue weighted by Crippen LogP contribution is -1.95. The topological polar surface area (TPSA) is 21.6 Å². The first-order valence-corrected chi connectivity index (χ1v) is 4.92. The van der Waals surface area contributed by atoms with Crippen LogP contribution in [0, 0.1) is 0 Å². The molecule has 1 rings (SSSR count). The van der Waals surface area contributed by atoms with E-state index in [2.05, 4.69) is 21.1 Å². The highest BCUT2D eigenvalue weighted by Gasteiger charge is 1.90. The standard InChI is InChI=1S/C10H12BrNO/c1-8(2)13-12-7-9-4-3-5-10(11)6-9/h3-8H,1-2H3. The first-order chi connectivity index (χ1) is 6.18. The Morgan fingerprint density at radius 1 is 1.46 bits per heavy atom. The van der Waals surface area contributed by atoms with Gasteiger partial charge in [0.25, 0.3) is 0 Å². The average Bonchev–Trinajstić information content (AvgIpc) is 2.03. The van der Waals surface area contributed by atoms with Crippen molar-refractivity contribution in [1.29, 1.82) is 0 Å². The first kappa shape index (κ1) is 10.3. The zero-order valence-electron chi connectivity index (χ0n) is 7.70. The van der Waals surface area contributed by atoms with Crippen molar-refractivity contribution >= 4 is 22.1 Å². The van der Waals surface area contributed by atoms with Crippen LogP contribution in [0.15, 0.2) is 33.9 Å². The quantitative estimate of drug-likeness (QED) is 0.589. The molecule has 0 aliphatic rings. The molecule has 1 aromatic rings. The monoisotopic (exact) mass is 241 g/mol. The van der Waals surface area contributed by atoms with E-state index in [0.717, 1.165) is 10.0 Å². The van der Waals surface area contributed by atoms with Gasteiger partial charge in [-0.1, -0.05) is 33.2 Å². The molecular formula is C10H12BrNO. The van der Waals surface area contributed by atoms with E-state index in [-0.39, 0.29) is 6.10 Å². The molecule has 1 aromatic carbocycles. The van der Waals surface area contributed by atoms with Crippen LogP contribution >= 0.6 is 15.9 Å². The smallest absolute Gasteiger partial charge is 0.122 e. The maximum absolute atomic E-state index is 5.04. The Labute approximate surface area is 86.7 Å². The van der Waals surface area contributed by atoms with Gasteiger partial charge >= 0.3 is 0 Å². The Kier molecular flexibility index (Phi) is 3.96. The molecule has 0 radical (unpaired) electrons. The lowest BCUT2D eigenvalue weighted by Gasteiger charge is -2.00. The van der Waals surface area contributed by atoms with Crippen LogP contribution in [-0.2, 0) is 4.84 Å². The Bertz CT molecular complexity index is 297. The van der Waals surface area contributed by atoms with E-state index in [1.54, 1.807) is 6.21 Å². The van der Waals surface area contributed by atoms with Gasteiger partial charge in [0, 0.05) is 4.47 Å². The molecule has 13 heavy (non-hydrogen) atoms. The fourth-order valence-electron chi connectivity index (χ4n) is 0.800. The van der Waals surface area contributed by atoms with Gasteiger partial charge in [0.1, 0.15) is 6.10 Å². The summed E-state index contributed by atoms with van der Waals surface area (Å²) in [5.74, 6) is 0. The number of hydrogen-bond acceptors (Lipinski definition) is 2. The molecule has 0 unspecified atom stereocenters.